The number of nitrogens with zero attached hydrogens (tertiary/aromatic N) is 1. The van der Waals surface area contributed by atoms with Crippen molar-refractivity contribution in [3.05, 3.63) is 58.1 Å². The Hall–Kier alpha value is -3.19. The molecule has 0 radical (unpaired) electrons. The molecular weight excluding hydrogens is 434 g/mol. The number of hydrogen-bond acceptors (Lipinski definition) is 6. The molecule has 1 amide bonds. The number of Topliss-reactive ketones (excluding diaryl/α,β-unsaturated/α-hetero) is 1. The van der Waals surface area contributed by atoms with Gasteiger partial charge in [-0.2, -0.15) is 0 Å². The van der Waals surface area contributed by atoms with Crippen LogP contribution >= 0.6 is 11.6 Å². The third-order valence-electron chi connectivity index (χ3n) is 5.24. The molecule has 1 aliphatic heterocycles. The fourth-order valence-corrected chi connectivity index (χ4v) is 4.10. The number of para-hydroxylation sites is 1. The van der Waals surface area contributed by atoms with Gasteiger partial charge in [0.15, 0.2) is 11.5 Å². The standard InChI is InChI=1S/C24H26ClNO6/c1-5-12-26-20(15-8-7-9-18(30-3)23(15)31-4)19(22(28)24(26)29)21(27)16-13-14(32-6-2)10-11-17(16)25/h7-11,13,20,27H,5-6,12H2,1-4H3/b21-19+. The molecule has 1 saturated heterocycles. The molecule has 1 fully saturated rings. The fourth-order valence-electron chi connectivity index (χ4n) is 3.89. The normalized spacial score (nSPS) is 17.5. The monoisotopic (exact) mass is 459 g/mol. The molecule has 8 heteroatoms. The summed E-state index contributed by atoms with van der Waals surface area (Å²) in [5.41, 5.74) is 0.669. The van der Waals surface area contributed by atoms with Crippen molar-refractivity contribution in [1.82, 2.24) is 4.90 Å². The van der Waals surface area contributed by atoms with Crippen LogP contribution in [0, 0.1) is 0 Å². The van der Waals surface area contributed by atoms with E-state index >= 15 is 0 Å². The van der Waals surface area contributed by atoms with Gasteiger partial charge in [0.25, 0.3) is 11.7 Å². The number of carbonyl (C=O) groups is 2. The van der Waals surface area contributed by atoms with Crippen molar-refractivity contribution in [3.63, 3.8) is 0 Å². The Morgan fingerprint density at radius 3 is 2.50 bits per heavy atom. The van der Waals surface area contributed by atoms with Gasteiger partial charge in [0.2, 0.25) is 0 Å². The molecule has 1 aliphatic rings. The van der Waals surface area contributed by atoms with Crippen LogP contribution in [0.15, 0.2) is 42.0 Å². The smallest absolute Gasteiger partial charge is 0.295 e. The summed E-state index contributed by atoms with van der Waals surface area (Å²) in [7, 11) is 2.99. The summed E-state index contributed by atoms with van der Waals surface area (Å²) in [4.78, 5) is 27.5. The first kappa shape index (κ1) is 23.5. The van der Waals surface area contributed by atoms with Crippen LogP contribution < -0.4 is 14.2 Å². The van der Waals surface area contributed by atoms with Crippen molar-refractivity contribution >= 4 is 29.1 Å². The van der Waals surface area contributed by atoms with E-state index in [0.29, 0.717) is 42.4 Å². The zero-order chi connectivity index (χ0) is 23.4. The summed E-state index contributed by atoms with van der Waals surface area (Å²) in [5, 5.41) is 11.5. The van der Waals surface area contributed by atoms with Crippen molar-refractivity contribution in [2.75, 3.05) is 27.4 Å². The molecule has 2 aromatic rings. The maximum atomic E-state index is 13.1. The molecule has 1 atom stereocenters. The van der Waals surface area contributed by atoms with E-state index in [-0.39, 0.29) is 21.9 Å². The summed E-state index contributed by atoms with van der Waals surface area (Å²) in [5.74, 6) is -0.546. The number of carbonyl (C=O) groups excluding carboxylic acids is 2. The Bertz CT molecular complexity index is 1060. The van der Waals surface area contributed by atoms with Gasteiger partial charge in [-0.15, -0.1) is 0 Å². The zero-order valence-corrected chi connectivity index (χ0v) is 19.2. The minimum atomic E-state index is -0.869. The Balaban J connectivity index is 2.29. The molecular formula is C24H26ClNO6. The first-order valence-corrected chi connectivity index (χ1v) is 10.7. The highest BCUT2D eigenvalue weighted by molar-refractivity contribution is 6.47. The molecule has 1 unspecified atom stereocenters. The first-order chi connectivity index (χ1) is 15.4. The molecule has 3 rings (SSSR count). The van der Waals surface area contributed by atoms with Gasteiger partial charge in [0, 0.05) is 17.7 Å². The van der Waals surface area contributed by atoms with Crippen molar-refractivity contribution in [3.8, 4) is 17.2 Å². The Morgan fingerprint density at radius 1 is 1.12 bits per heavy atom. The molecule has 0 aromatic heterocycles. The van der Waals surface area contributed by atoms with E-state index in [1.165, 1.54) is 19.1 Å². The summed E-state index contributed by atoms with van der Waals surface area (Å²) < 4.78 is 16.5. The van der Waals surface area contributed by atoms with Gasteiger partial charge in [-0.25, -0.2) is 0 Å². The highest BCUT2D eigenvalue weighted by Crippen LogP contribution is 2.46. The molecule has 170 valence electrons. The lowest BCUT2D eigenvalue weighted by atomic mass is 9.94. The van der Waals surface area contributed by atoms with Crippen LogP contribution in [0.25, 0.3) is 5.76 Å². The lowest BCUT2D eigenvalue weighted by Gasteiger charge is -2.27. The third kappa shape index (κ3) is 4.12. The number of likely N-dealkylation sites (tertiary alicyclic amines) is 1. The SMILES string of the molecule is CCCN1C(=O)C(=O)/C(=C(/O)c2cc(OCC)ccc2Cl)C1c1cccc(OC)c1OC. The Morgan fingerprint density at radius 2 is 1.88 bits per heavy atom. The number of methoxy groups -OCH3 is 2. The van der Waals surface area contributed by atoms with Gasteiger partial charge in [-0.1, -0.05) is 30.7 Å². The quantitative estimate of drug-likeness (QED) is 0.353. The number of aliphatic hydroxyl groups is 1. The number of benzene rings is 2. The van der Waals surface area contributed by atoms with Crippen molar-refractivity contribution in [2.24, 2.45) is 0 Å². The van der Waals surface area contributed by atoms with Gasteiger partial charge in [-0.3, -0.25) is 9.59 Å². The molecule has 0 aliphatic carbocycles. The summed E-state index contributed by atoms with van der Waals surface area (Å²) in [6.45, 7) is 4.48. The largest absolute Gasteiger partial charge is 0.507 e. The number of halogens is 1. The number of amides is 1. The highest BCUT2D eigenvalue weighted by Gasteiger charge is 2.47. The lowest BCUT2D eigenvalue weighted by molar-refractivity contribution is -0.139. The van der Waals surface area contributed by atoms with Gasteiger partial charge < -0.3 is 24.2 Å². The van der Waals surface area contributed by atoms with Crippen LogP contribution in [0.1, 0.15) is 37.4 Å². The third-order valence-corrected chi connectivity index (χ3v) is 5.57. The minimum Gasteiger partial charge on any atom is -0.507 e. The fraction of sp³-hybridized carbons (Fsp3) is 0.333. The van der Waals surface area contributed by atoms with Gasteiger partial charge in [0.05, 0.1) is 37.5 Å². The Labute approximate surface area is 192 Å². The molecule has 0 saturated carbocycles. The van der Waals surface area contributed by atoms with Gasteiger partial charge >= 0.3 is 0 Å². The second kappa shape index (κ2) is 9.96. The second-order valence-electron chi connectivity index (χ2n) is 7.15. The van der Waals surface area contributed by atoms with Crippen LogP contribution in [-0.2, 0) is 9.59 Å². The summed E-state index contributed by atoms with van der Waals surface area (Å²) in [6, 6.07) is 9.13. The van der Waals surface area contributed by atoms with E-state index < -0.39 is 17.7 Å². The molecule has 1 heterocycles. The molecule has 32 heavy (non-hydrogen) atoms. The number of ether oxygens (including phenoxy) is 3. The van der Waals surface area contributed by atoms with E-state index in [2.05, 4.69) is 0 Å². The van der Waals surface area contributed by atoms with Crippen LogP contribution in [-0.4, -0.2) is 49.1 Å². The lowest BCUT2D eigenvalue weighted by Crippen LogP contribution is -2.30. The Kier molecular flexibility index (Phi) is 7.30. The number of ketones is 1. The van der Waals surface area contributed by atoms with Crippen LogP contribution in [0.4, 0.5) is 0 Å². The average Bonchev–Trinajstić information content (AvgIpc) is 3.04. The predicted molar refractivity (Wildman–Crippen MR) is 121 cm³/mol. The number of rotatable bonds is 8. The maximum absolute atomic E-state index is 13.1. The molecule has 2 aromatic carbocycles. The highest BCUT2D eigenvalue weighted by atomic mass is 35.5. The molecule has 1 N–H and O–H groups in total. The zero-order valence-electron chi connectivity index (χ0n) is 18.5. The van der Waals surface area contributed by atoms with Gasteiger partial charge in [0.1, 0.15) is 11.5 Å². The van der Waals surface area contributed by atoms with Crippen LogP contribution in [0.2, 0.25) is 5.02 Å². The summed E-state index contributed by atoms with van der Waals surface area (Å²) >= 11 is 6.35. The number of aliphatic hydroxyl groups excluding tert-OH is 1. The first-order valence-electron chi connectivity index (χ1n) is 10.3. The van der Waals surface area contributed by atoms with Crippen molar-refractivity contribution in [2.45, 2.75) is 26.3 Å². The van der Waals surface area contributed by atoms with E-state index in [1.54, 1.807) is 36.4 Å². The van der Waals surface area contributed by atoms with E-state index in [0.717, 1.165) is 0 Å². The van der Waals surface area contributed by atoms with Gasteiger partial charge in [-0.05, 0) is 37.6 Å². The topological polar surface area (TPSA) is 85.3 Å². The molecule has 7 nitrogen and oxygen atoms in total. The van der Waals surface area contributed by atoms with Crippen molar-refractivity contribution < 1.29 is 28.9 Å². The minimum absolute atomic E-state index is 0.0643. The molecule has 0 bridgehead atoms. The molecule has 0 spiro atoms. The second-order valence-corrected chi connectivity index (χ2v) is 7.56. The number of hydrogen-bond donors (Lipinski definition) is 1. The van der Waals surface area contributed by atoms with Crippen LogP contribution in [0.5, 0.6) is 17.2 Å². The van der Waals surface area contributed by atoms with Crippen molar-refractivity contribution in [1.29, 1.82) is 0 Å². The average molecular weight is 460 g/mol. The van der Waals surface area contributed by atoms with E-state index in [4.69, 9.17) is 25.8 Å². The van der Waals surface area contributed by atoms with E-state index in [1.807, 2.05) is 13.8 Å². The summed E-state index contributed by atoms with van der Waals surface area (Å²) in [6.07, 6.45) is 0.621. The maximum Gasteiger partial charge on any atom is 0.295 e. The van der Waals surface area contributed by atoms with E-state index in [9.17, 15) is 14.7 Å². The predicted octanol–water partition coefficient (Wildman–Crippen LogP) is 4.59. The van der Waals surface area contributed by atoms with Crippen LogP contribution in [0.3, 0.4) is 0 Å².